The standard InChI is InChI=1S/C16H18F4N2O2/c17-12-4-5-13(16(18,19)20)11(9-12)10-21-14(23)6-8-22-7-2-1-3-15(22)24/h4-5,9H,1-3,6-8,10H2,(H,21,23). The minimum atomic E-state index is -4.62. The lowest BCUT2D eigenvalue weighted by Crippen LogP contribution is -2.38. The van der Waals surface area contributed by atoms with Crippen LogP contribution in [0, 0.1) is 5.82 Å². The van der Waals surface area contributed by atoms with Crippen LogP contribution in [-0.4, -0.2) is 29.8 Å². The second-order valence-electron chi connectivity index (χ2n) is 5.66. The van der Waals surface area contributed by atoms with Gasteiger partial charge in [-0.1, -0.05) is 0 Å². The van der Waals surface area contributed by atoms with Gasteiger partial charge in [-0.2, -0.15) is 13.2 Å². The van der Waals surface area contributed by atoms with Crippen LogP contribution in [0.1, 0.15) is 36.8 Å². The first-order valence-corrected chi connectivity index (χ1v) is 7.67. The van der Waals surface area contributed by atoms with Gasteiger partial charge in [0.25, 0.3) is 0 Å². The molecule has 1 fully saturated rings. The number of nitrogens with zero attached hydrogens (tertiary/aromatic N) is 1. The summed E-state index contributed by atoms with van der Waals surface area (Å²) in [5, 5.41) is 2.35. The maximum absolute atomic E-state index is 13.2. The summed E-state index contributed by atoms with van der Waals surface area (Å²) in [4.78, 5) is 25.0. The smallest absolute Gasteiger partial charge is 0.352 e. The van der Waals surface area contributed by atoms with Gasteiger partial charge >= 0.3 is 6.18 Å². The number of nitrogens with one attached hydrogen (secondary N) is 1. The molecule has 0 saturated carbocycles. The molecule has 1 aromatic rings. The zero-order valence-electron chi connectivity index (χ0n) is 13.0. The lowest BCUT2D eigenvalue weighted by Gasteiger charge is -2.26. The Balaban J connectivity index is 1.90. The van der Waals surface area contributed by atoms with E-state index in [1.54, 1.807) is 4.90 Å². The highest BCUT2D eigenvalue weighted by atomic mass is 19.4. The molecule has 0 atom stereocenters. The van der Waals surface area contributed by atoms with Gasteiger partial charge < -0.3 is 10.2 Å². The van der Waals surface area contributed by atoms with E-state index in [2.05, 4.69) is 5.32 Å². The van der Waals surface area contributed by atoms with E-state index in [1.807, 2.05) is 0 Å². The number of amides is 2. The zero-order valence-corrected chi connectivity index (χ0v) is 13.0. The molecule has 1 heterocycles. The molecule has 0 spiro atoms. The first kappa shape index (κ1) is 18.2. The Morgan fingerprint density at radius 1 is 1.25 bits per heavy atom. The van der Waals surface area contributed by atoms with Gasteiger partial charge in [0.15, 0.2) is 0 Å². The number of piperidine rings is 1. The van der Waals surface area contributed by atoms with Crippen LogP contribution >= 0.6 is 0 Å². The van der Waals surface area contributed by atoms with Crippen molar-refractivity contribution >= 4 is 11.8 Å². The van der Waals surface area contributed by atoms with E-state index in [0.29, 0.717) is 19.0 Å². The molecule has 132 valence electrons. The topological polar surface area (TPSA) is 49.4 Å². The van der Waals surface area contributed by atoms with Crippen molar-refractivity contribution in [1.82, 2.24) is 10.2 Å². The number of likely N-dealkylation sites (tertiary alicyclic amines) is 1. The molecular weight excluding hydrogens is 328 g/mol. The van der Waals surface area contributed by atoms with Crippen LogP contribution in [0.25, 0.3) is 0 Å². The number of halogens is 4. The van der Waals surface area contributed by atoms with Crippen molar-refractivity contribution in [3.8, 4) is 0 Å². The van der Waals surface area contributed by atoms with E-state index in [0.717, 1.165) is 25.0 Å². The maximum atomic E-state index is 13.2. The van der Waals surface area contributed by atoms with E-state index in [4.69, 9.17) is 0 Å². The predicted molar refractivity (Wildman–Crippen MR) is 78.3 cm³/mol. The molecular formula is C16H18F4N2O2. The summed E-state index contributed by atoms with van der Waals surface area (Å²) in [7, 11) is 0. The van der Waals surface area contributed by atoms with Gasteiger partial charge in [-0.3, -0.25) is 9.59 Å². The van der Waals surface area contributed by atoms with Crippen molar-refractivity contribution in [1.29, 1.82) is 0 Å². The minimum Gasteiger partial charge on any atom is -0.352 e. The SMILES string of the molecule is O=C(CCN1CCCCC1=O)NCc1cc(F)ccc1C(F)(F)F. The Labute approximate surface area is 136 Å². The van der Waals surface area contributed by atoms with Gasteiger partial charge in [0.05, 0.1) is 5.56 Å². The summed E-state index contributed by atoms with van der Waals surface area (Å²) in [5.74, 6) is -1.30. The van der Waals surface area contributed by atoms with Crippen LogP contribution < -0.4 is 5.32 Å². The first-order chi connectivity index (χ1) is 11.3. The Morgan fingerprint density at radius 2 is 2.00 bits per heavy atom. The molecule has 24 heavy (non-hydrogen) atoms. The lowest BCUT2D eigenvalue weighted by atomic mass is 10.1. The van der Waals surface area contributed by atoms with Gasteiger partial charge in [0.1, 0.15) is 5.82 Å². The predicted octanol–water partition coefficient (Wildman–Crippen LogP) is 2.86. The molecule has 8 heteroatoms. The number of carbonyl (C=O) groups is 2. The summed E-state index contributed by atoms with van der Waals surface area (Å²) >= 11 is 0. The third-order valence-corrected chi connectivity index (χ3v) is 3.88. The van der Waals surface area contributed by atoms with Gasteiger partial charge in [-0.15, -0.1) is 0 Å². The monoisotopic (exact) mass is 346 g/mol. The maximum Gasteiger partial charge on any atom is 0.416 e. The molecule has 1 saturated heterocycles. The van der Waals surface area contributed by atoms with Crippen LogP contribution in [-0.2, 0) is 22.3 Å². The largest absolute Gasteiger partial charge is 0.416 e. The van der Waals surface area contributed by atoms with Crippen LogP contribution in [0.3, 0.4) is 0 Å². The van der Waals surface area contributed by atoms with Crippen molar-refractivity contribution in [3.63, 3.8) is 0 Å². The minimum absolute atomic E-state index is 0.00239. The zero-order chi connectivity index (χ0) is 17.7. The average Bonchev–Trinajstić information content (AvgIpc) is 2.51. The highest BCUT2D eigenvalue weighted by Crippen LogP contribution is 2.32. The Bertz CT molecular complexity index is 617. The second-order valence-corrected chi connectivity index (χ2v) is 5.66. The van der Waals surface area contributed by atoms with Crippen molar-refractivity contribution < 1.29 is 27.2 Å². The molecule has 1 aliphatic heterocycles. The molecule has 1 aliphatic rings. The van der Waals surface area contributed by atoms with E-state index >= 15 is 0 Å². The third-order valence-electron chi connectivity index (χ3n) is 3.88. The van der Waals surface area contributed by atoms with Crippen LogP contribution in [0.5, 0.6) is 0 Å². The summed E-state index contributed by atoms with van der Waals surface area (Å²) in [6.07, 6.45) is -2.44. The number of hydrogen-bond donors (Lipinski definition) is 1. The van der Waals surface area contributed by atoms with Gasteiger partial charge in [0, 0.05) is 32.5 Å². The fourth-order valence-corrected chi connectivity index (χ4v) is 2.60. The molecule has 0 aliphatic carbocycles. The van der Waals surface area contributed by atoms with E-state index in [9.17, 15) is 27.2 Å². The number of benzene rings is 1. The third kappa shape index (κ3) is 4.94. The van der Waals surface area contributed by atoms with Crippen molar-refractivity contribution in [2.24, 2.45) is 0 Å². The summed E-state index contributed by atoms with van der Waals surface area (Å²) < 4.78 is 51.7. The van der Waals surface area contributed by atoms with Crippen molar-refractivity contribution in [2.75, 3.05) is 13.1 Å². The van der Waals surface area contributed by atoms with E-state index in [1.165, 1.54) is 0 Å². The molecule has 0 unspecified atom stereocenters. The lowest BCUT2D eigenvalue weighted by molar-refractivity contribution is -0.138. The fourth-order valence-electron chi connectivity index (χ4n) is 2.60. The van der Waals surface area contributed by atoms with Crippen molar-refractivity contribution in [3.05, 3.63) is 35.1 Å². The second kappa shape index (κ2) is 7.63. The van der Waals surface area contributed by atoms with Gasteiger partial charge in [-0.25, -0.2) is 4.39 Å². The molecule has 4 nitrogen and oxygen atoms in total. The first-order valence-electron chi connectivity index (χ1n) is 7.67. The van der Waals surface area contributed by atoms with Gasteiger partial charge in [-0.05, 0) is 36.6 Å². The highest BCUT2D eigenvalue weighted by Gasteiger charge is 2.33. The molecule has 1 aromatic carbocycles. The van der Waals surface area contributed by atoms with E-state index in [-0.39, 0.29) is 24.4 Å². The molecule has 0 bridgehead atoms. The Morgan fingerprint density at radius 3 is 2.67 bits per heavy atom. The quantitative estimate of drug-likeness (QED) is 0.834. The Kier molecular flexibility index (Phi) is 5.80. The number of carbonyl (C=O) groups excluding carboxylic acids is 2. The van der Waals surface area contributed by atoms with Gasteiger partial charge in [0.2, 0.25) is 11.8 Å². The summed E-state index contributed by atoms with van der Waals surface area (Å²) in [6.45, 7) is 0.410. The summed E-state index contributed by atoms with van der Waals surface area (Å²) in [5.41, 5.74) is -1.31. The number of hydrogen-bond acceptors (Lipinski definition) is 2. The molecule has 0 radical (unpaired) electrons. The normalized spacial score (nSPS) is 15.5. The number of rotatable bonds is 5. The fraction of sp³-hybridized carbons (Fsp3) is 0.500. The Hall–Kier alpha value is -2.12. The van der Waals surface area contributed by atoms with E-state index < -0.39 is 30.0 Å². The highest BCUT2D eigenvalue weighted by molar-refractivity contribution is 5.79. The average molecular weight is 346 g/mol. The molecule has 2 amide bonds. The molecule has 0 aromatic heterocycles. The molecule has 1 N–H and O–H groups in total. The summed E-state index contributed by atoms with van der Waals surface area (Å²) in [6, 6.07) is 2.15. The molecule has 2 rings (SSSR count). The number of alkyl halides is 3. The van der Waals surface area contributed by atoms with Crippen LogP contribution in [0.4, 0.5) is 17.6 Å². The van der Waals surface area contributed by atoms with Crippen molar-refractivity contribution in [2.45, 2.75) is 38.4 Å². The van der Waals surface area contributed by atoms with Crippen LogP contribution in [0.2, 0.25) is 0 Å². The van der Waals surface area contributed by atoms with Crippen LogP contribution in [0.15, 0.2) is 18.2 Å².